The minimum absolute atomic E-state index is 0.124. The van der Waals surface area contributed by atoms with Gasteiger partial charge in [-0.25, -0.2) is 9.59 Å². The number of pyridine rings is 1. The van der Waals surface area contributed by atoms with Crippen LogP contribution in [0.25, 0.3) is 10.9 Å². The van der Waals surface area contributed by atoms with Crippen LogP contribution in [-0.2, 0) is 16.1 Å². The molecule has 0 saturated heterocycles. The monoisotopic (exact) mass is 532 g/mol. The van der Waals surface area contributed by atoms with Crippen LogP contribution < -0.4 is 19.5 Å². The number of carboxylic acid groups (broad SMARTS) is 1. The Bertz CT molecular complexity index is 1410. The number of nitrogens with zero attached hydrogens (tertiary/aromatic N) is 1. The molecule has 39 heavy (non-hydrogen) atoms. The number of benzene rings is 3. The molecule has 4 rings (SSSR count). The number of aromatic carboxylic acids is 1. The van der Waals surface area contributed by atoms with Gasteiger partial charge >= 0.3 is 12.1 Å². The number of amides is 1. The van der Waals surface area contributed by atoms with Crippen molar-refractivity contribution in [2.75, 3.05) is 33.5 Å². The average molecular weight is 533 g/mol. The summed E-state index contributed by atoms with van der Waals surface area (Å²) in [6.45, 7) is 1.26. The minimum Gasteiger partial charge on any atom is -0.497 e. The van der Waals surface area contributed by atoms with Gasteiger partial charge in [0.2, 0.25) is 0 Å². The second kappa shape index (κ2) is 13.6. The fraction of sp³-hybridized carbons (Fsp3) is 0.207. The molecule has 0 atom stereocenters. The van der Waals surface area contributed by atoms with Gasteiger partial charge in [0.05, 0.1) is 31.4 Å². The lowest BCUT2D eigenvalue weighted by atomic mass is 10.1. The lowest BCUT2D eigenvalue weighted by Gasteiger charge is -2.15. The summed E-state index contributed by atoms with van der Waals surface area (Å²) in [5.74, 6) is 0.759. The van der Waals surface area contributed by atoms with E-state index < -0.39 is 12.1 Å². The quantitative estimate of drug-likeness (QED) is 0.227. The first kappa shape index (κ1) is 27.2. The van der Waals surface area contributed by atoms with Gasteiger partial charge in [-0.3, -0.25) is 4.98 Å². The third-order valence-corrected chi connectivity index (χ3v) is 5.53. The molecule has 2 N–H and O–H groups in total. The third kappa shape index (κ3) is 7.83. The summed E-state index contributed by atoms with van der Waals surface area (Å²) in [4.78, 5) is 27.5. The van der Waals surface area contributed by atoms with E-state index in [0.29, 0.717) is 33.9 Å². The number of aromatic nitrogens is 1. The lowest BCUT2D eigenvalue weighted by molar-refractivity contribution is 0.0697. The number of carbonyl (C=O) groups excluding carboxylic acids is 1. The summed E-state index contributed by atoms with van der Waals surface area (Å²) in [5.41, 5.74) is 1.62. The Morgan fingerprint density at radius 1 is 0.897 bits per heavy atom. The highest BCUT2D eigenvalue weighted by atomic mass is 16.6. The van der Waals surface area contributed by atoms with Gasteiger partial charge in [0.1, 0.15) is 24.7 Å². The largest absolute Gasteiger partial charge is 0.497 e. The molecule has 202 valence electrons. The maximum Gasteiger partial charge on any atom is 0.407 e. The molecule has 0 spiro atoms. The molecule has 0 saturated carbocycles. The van der Waals surface area contributed by atoms with Crippen LogP contribution in [0.5, 0.6) is 23.0 Å². The molecule has 1 heterocycles. The van der Waals surface area contributed by atoms with Crippen molar-refractivity contribution in [1.29, 1.82) is 0 Å². The fourth-order valence-electron chi connectivity index (χ4n) is 3.59. The molecular formula is C29H28N2O8. The number of hydrogen-bond donors (Lipinski definition) is 2. The Balaban J connectivity index is 1.28. The molecule has 10 nitrogen and oxygen atoms in total. The molecule has 0 aliphatic rings. The van der Waals surface area contributed by atoms with Crippen LogP contribution in [0.1, 0.15) is 15.9 Å². The summed E-state index contributed by atoms with van der Waals surface area (Å²) in [6.07, 6.45) is 1.07. The van der Waals surface area contributed by atoms with E-state index in [2.05, 4.69) is 10.3 Å². The number of fused-ring (bicyclic) bond motifs is 1. The van der Waals surface area contributed by atoms with Gasteiger partial charge in [0.25, 0.3) is 0 Å². The van der Waals surface area contributed by atoms with Gasteiger partial charge in [0, 0.05) is 24.2 Å². The van der Waals surface area contributed by atoms with Gasteiger partial charge in [-0.15, -0.1) is 0 Å². The van der Waals surface area contributed by atoms with Crippen molar-refractivity contribution in [3.05, 3.63) is 90.1 Å². The summed E-state index contributed by atoms with van der Waals surface area (Å²) < 4.78 is 28.0. The second-order valence-electron chi connectivity index (χ2n) is 8.21. The number of hydrogen-bond acceptors (Lipinski definition) is 8. The zero-order chi connectivity index (χ0) is 27.5. The van der Waals surface area contributed by atoms with Gasteiger partial charge in [-0.2, -0.15) is 0 Å². The van der Waals surface area contributed by atoms with Crippen molar-refractivity contribution >= 4 is 23.0 Å². The van der Waals surface area contributed by atoms with E-state index in [4.69, 9.17) is 23.7 Å². The van der Waals surface area contributed by atoms with E-state index in [1.165, 1.54) is 12.1 Å². The van der Waals surface area contributed by atoms with Gasteiger partial charge < -0.3 is 34.1 Å². The van der Waals surface area contributed by atoms with E-state index in [1.54, 1.807) is 43.6 Å². The normalized spacial score (nSPS) is 10.6. The molecule has 1 amide bonds. The SMILES string of the molecule is COc1ccc(OCCOCCNC(=O)OCc2ccccc2)c(Oc2ccnc3ccc(C(=O)O)cc23)c1. The fourth-order valence-corrected chi connectivity index (χ4v) is 3.59. The molecule has 0 aliphatic carbocycles. The average Bonchev–Trinajstić information content (AvgIpc) is 2.96. The molecular weight excluding hydrogens is 504 g/mol. The smallest absolute Gasteiger partial charge is 0.407 e. The first-order valence-corrected chi connectivity index (χ1v) is 12.2. The second-order valence-corrected chi connectivity index (χ2v) is 8.21. The van der Waals surface area contributed by atoms with E-state index in [-0.39, 0.29) is 38.5 Å². The van der Waals surface area contributed by atoms with Crippen molar-refractivity contribution in [2.45, 2.75) is 6.61 Å². The minimum atomic E-state index is -1.05. The molecule has 0 unspecified atom stereocenters. The number of carbonyl (C=O) groups is 2. The number of nitrogens with one attached hydrogen (secondary N) is 1. The molecule has 0 radical (unpaired) electrons. The van der Waals surface area contributed by atoms with E-state index in [0.717, 1.165) is 5.56 Å². The highest BCUT2D eigenvalue weighted by molar-refractivity contribution is 5.95. The van der Waals surface area contributed by atoms with E-state index >= 15 is 0 Å². The van der Waals surface area contributed by atoms with Crippen molar-refractivity contribution < 1.29 is 38.4 Å². The third-order valence-electron chi connectivity index (χ3n) is 5.53. The number of carboxylic acids is 1. The topological polar surface area (TPSA) is 125 Å². The van der Waals surface area contributed by atoms with Crippen LogP contribution in [0.15, 0.2) is 79.0 Å². The Hall–Kier alpha value is -4.83. The maximum atomic E-state index is 11.8. The molecule has 4 aromatic rings. The summed E-state index contributed by atoms with van der Waals surface area (Å²) in [7, 11) is 1.54. The zero-order valence-corrected chi connectivity index (χ0v) is 21.3. The molecule has 0 bridgehead atoms. The standard InChI is InChI=1S/C29H28N2O8/c1-35-22-8-10-26(37-16-15-36-14-13-31-29(34)38-19-20-5-3-2-4-6-20)27(18-22)39-25-11-12-30-24-9-7-21(28(32)33)17-23(24)25/h2-12,17-18H,13-16,19H2,1H3,(H,31,34)(H,32,33). The zero-order valence-electron chi connectivity index (χ0n) is 21.3. The van der Waals surface area contributed by atoms with Crippen LogP contribution in [0.3, 0.4) is 0 Å². The molecule has 1 aromatic heterocycles. The predicted molar refractivity (Wildman–Crippen MR) is 143 cm³/mol. The van der Waals surface area contributed by atoms with Crippen LogP contribution in [-0.4, -0.2) is 55.6 Å². The number of methoxy groups -OCH3 is 1. The van der Waals surface area contributed by atoms with Crippen molar-refractivity contribution in [3.63, 3.8) is 0 Å². The highest BCUT2D eigenvalue weighted by Crippen LogP contribution is 2.37. The van der Waals surface area contributed by atoms with E-state index in [9.17, 15) is 14.7 Å². The van der Waals surface area contributed by atoms with E-state index in [1.807, 2.05) is 30.3 Å². The predicted octanol–water partition coefficient (Wildman–Crippen LogP) is 5.06. The number of rotatable bonds is 13. The van der Waals surface area contributed by atoms with Crippen molar-refractivity contribution in [2.24, 2.45) is 0 Å². The van der Waals surface area contributed by atoms with Gasteiger partial charge in [0.15, 0.2) is 11.5 Å². The molecule has 0 aliphatic heterocycles. The van der Waals surface area contributed by atoms with Crippen molar-refractivity contribution in [1.82, 2.24) is 10.3 Å². The van der Waals surface area contributed by atoms with Crippen LogP contribution in [0.2, 0.25) is 0 Å². The summed E-state index contributed by atoms with van der Waals surface area (Å²) >= 11 is 0. The molecule has 10 heteroatoms. The van der Waals surface area contributed by atoms with Crippen LogP contribution in [0.4, 0.5) is 4.79 Å². The molecule has 3 aromatic carbocycles. The molecule has 0 fully saturated rings. The summed E-state index contributed by atoms with van der Waals surface area (Å²) in [5, 5.41) is 12.5. The van der Waals surface area contributed by atoms with Gasteiger partial charge in [-0.1, -0.05) is 30.3 Å². The Morgan fingerprint density at radius 3 is 2.54 bits per heavy atom. The Labute approximate surface area is 225 Å². The summed E-state index contributed by atoms with van der Waals surface area (Å²) in [6, 6.07) is 20.8. The van der Waals surface area contributed by atoms with Gasteiger partial charge in [-0.05, 0) is 42.0 Å². The van der Waals surface area contributed by atoms with Crippen LogP contribution in [0, 0.1) is 0 Å². The number of ether oxygens (including phenoxy) is 5. The Morgan fingerprint density at radius 2 is 1.74 bits per heavy atom. The van der Waals surface area contributed by atoms with Crippen LogP contribution >= 0.6 is 0 Å². The lowest BCUT2D eigenvalue weighted by Crippen LogP contribution is -2.28. The highest BCUT2D eigenvalue weighted by Gasteiger charge is 2.13. The number of alkyl carbamates (subject to hydrolysis) is 1. The Kier molecular flexibility index (Phi) is 9.52. The maximum absolute atomic E-state index is 11.8. The van der Waals surface area contributed by atoms with Crippen molar-refractivity contribution in [3.8, 4) is 23.0 Å². The first-order chi connectivity index (χ1) is 19.0. The first-order valence-electron chi connectivity index (χ1n) is 12.2.